The van der Waals surface area contributed by atoms with E-state index in [-0.39, 0.29) is 18.3 Å². The Bertz CT molecular complexity index is 1040. The molecule has 2 aromatic carbocycles. The molecule has 1 aliphatic heterocycles. The Labute approximate surface area is 156 Å². The average molecular weight is 363 g/mol. The second-order valence-electron chi connectivity index (χ2n) is 6.75. The number of phenolic OH excluding ortho intramolecular Hbond substituents is 1. The maximum Gasteiger partial charge on any atom is 0.228 e. The third kappa shape index (κ3) is 3.08. The van der Waals surface area contributed by atoms with E-state index in [4.69, 9.17) is 15.3 Å². The summed E-state index contributed by atoms with van der Waals surface area (Å²) in [4.78, 5) is 4.41. The molecule has 6 heteroatoms. The third-order valence-electron chi connectivity index (χ3n) is 4.86. The number of aryl methyl sites for hydroxylation is 2. The van der Waals surface area contributed by atoms with Gasteiger partial charge >= 0.3 is 0 Å². The number of hydrogen-bond acceptors (Lipinski definition) is 5. The van der Waals surface area contributed by atoms with Crippen LogP contribution in [0.3, 0.4) is 0 Å². The Morgan fingerprint density at radius 2 is 1.96 bits per heavy atom. The summed E-state index contributed by atoms with van der Waals surface area (Å²) in [6.07, 6.45) is 2.12. The monoisotopic (exact) mass is 363 g/mol. The average Bonchev–Trinajstić information content (AvgIpc) is 2.66. The summed E-state index contributed by atoms with van der Waals surface area (Å²) >= 11 is 0. The fourth-order valence-corrected chi connectivity index (χ4v) is 3.47. The number of phenols is 1. The Balaban J connectivity index is 1.93. The second kappa shape index (κ2) is 6.89. The normalized spacial score (nSPS) is 15.0. The molecule has 27 heavy (non-hydrogen) atoms. The van der Waals surface area contributed by atoms with Gasteiger partial charge in [-0.1, -0.05) is 35.9 Å². The van der Waals surface area contributed by atoms with E-state index < -0.39 is 0 Å². The lowest BCUT2D eigenvalue weighted by Crippen LogP contribution is -2.30. The number of nitrogens with zero attached hydrogens (tertiary/aromatic N) is 2. The van der Waals surface area contributed by atoms with Gasteiger partial charge in [-0.3, -0.25) is 5.41 Å². The SMILES string of the molecule is Cc1ccc(C2c3ccc(O)cc3Oc3ncn(CCCO)c(=N)c32)cc1. The maximum atomic E-state index is 9.86. The second-order valence-corrected chi connectivity index (χ2v) is 6.75. The molecule has 0 amide bonds. The first kappa shape index (κ1) is 17.3. The van der Waals surface area contributed by atoms with Crippen molar-refractivity contribution in [2.24, 2.45) is 0 Å². The minimum Gasteiger partial charge on any atom is -0.508 e. The van der Waals surface area contributed by atoms with Crippen molar-refractivity contribution < 1.29 is 14.9 Å². The van der Waals surface area contributed by atoms with E-state index in [9.17, 15) is 5.11 Å². The molecular weight excluding hydrogens is 342 g/mol. The van der Waals surface area contributed by atoms with Crippen LogP contribution in [-0.2, 0) is 6.54 Å². The van der Waals surface area contributed by atoms with Crippen LogP contribution in [0.1, 0.15) is 34.6 Å². The van der Waals surface area contributed by atoms with E-state index in [0.29, 0.717) is 35.6 Å². The predicted molar refractivity (Wildman–Crippen MR) is 100 cm³/mol. The molecule has 0 aliphatic carbocycles. The smallest absolute Gasteiger partial charge is 0.228 e. The van der Waals surface area contributed by atoms with Crippen LogP contribution in [0, 0.1) is 12.3 Å². The lowest BCUT2D eigenvalue weighted by molar-refractivity contribution is 0.278. The highest BCUT2D eigenvalue weighted by molar-refractivity contribution is 5.57. The van der Waals surface area contributed by atoms with Gasteiger partial charge < -0.3 is 19.5 Å². The standard InChI is InChI=1S/C21H21N3O3/c1-13-3-5-14(6-4-13)18-16-8-7-15(26)11-17(16)27-21-19(18)20(22)24(12-23-21)9-2-10-25/h3-8,11-12,18,22,25-26H,2,9-10H2,1H3. The minimum atomic E-state index is -0.216. The largest absolute Gasteiger partial charge is 0.508 e. The van der Waals surface area contributed by atoms with Crippen LogP contribution in [0.5, 0.6) is 17.4 Å². The molecule has 3 aromatic rings. The summed E-state index contributed by atoms with van der Waals surface area (Å²) in [5, 5.41) is 27.7. The molecule has 4 rings (SSSR count). The number of aromatic hydroxyl groups is 1. The zero-order chi connectivity index (χ0) is 19.0. The lowest BCUT2D eigenvalue weighted by Gasteiger charge is -2.28. The van der Waals surface area contributed by atoms with Gasteiger partial charge in [0.2, 0.25) is 5.88 Å². The van der Waals surface area contributed by atoms with Crippen LogP contribution in [0.25, 0.3) is 0 Å². The number of nitrogens with one attached hydrogen (secondary N) is 1. The molecule has 3 N–H and O–H groups in total. The van der Waals surface area contributed by atoms with Gasteiger partial charge in [-0.25, -0.2) is 4.98 Å². The van der Waals surface area contributed by atoms with Crippen molar-refractivity contribution in [1.29, 1.82) is 5.41 Å². The molecule has 1 atom stereocenters. The molecule has 138 valence electrons. The van der Waals surface area contributed by atoms with Gasteiger partial charge in [0, 0.05) is 30.7 Å². The van der Waals surface area contributed by atoms with Crippen molar-refractivity contribution in [2.75, 3.05) is 6.61 Å². The van der Waals surface area contributed by atoms with Crippen LogP contribution in [-0.4, -0.2) is 26.4 Å². The molecule has 1 aliphatic rings. The van der Waals surface area contributed by atoms with Gasteiger partial charge in [0.15, 0.2) is 0 Å². The van der Waals surface area contributed by atoms with Crippen LogP contribution in [0.2, 0.25) is 0 Å². The van der Waals surface area contributed by atoms with Crippen molar-refractivity contribution in [2.45, 2.75) is 25.8 Å². The number of aromatic nitrogens is 2. The van der Waals surface area contributed by atoms with Crippen LogP contribution < -0.4 is 10.2 Å². The first-order chi connectivity index (χ1) is 13.1. The molecule has 0 spiro atoms. The number of rotatable bonds is 4. The Hall–Kier alpha value is -3.12. The third-order valence-corrected chi connectivity index (χ3v) is 4.86. The number of aliphatic hydroxyl groups is 1. The number of ether oxygens (including phenoxy) is 1. The maximum absolute atomic E-state index is 9.86. The number of fused-ring (bicyclic) bond motifs is 2. The minimum absolute atomic E-state index is 0.0591. The predicted octanol–water partition coefficient (Wildman–Crippen LogP) is 3.04. The highest BCUT2D eigenvalue weighted by atomic mass is 16.5. The summed E-state index contributed by atoms with van der Waals surface area (Å²) in [6, 6.07) is 13.2. The van der Waals surface area contributed by atoms with Crippen molar-refractivity contribution >= 4 is 0 Å². The molecule has 0 bridgehead atoms. The molecule has 0 saturated heterocycles. The number of hydrogen-bond donors (Lipinski definition) is 3. The molecular formula is C21H21N3O3. The van der Waals surface area contributed by atoms with E-state index >= 15 is 0 Å². The Morgan fingerprint density at radius 1 is 1.19 bits per heavy atom. The van der Waals surface area contributed by atoms with Gasteiger partial charge in [0.05, 0.1) is 5.56 Å². The molecule has 6 nitrogen and oxygen atoms in total. The molecule has 1 aromatic heterocycles. The number of aliphatic hydroxyl groups excluding tert-OH is 1. The highest BCUT2D eigenvalue weighted by Gasteiger charge is 2.32. The fourth-order valence-electron chi connectivity index (χ4n) is 3.47. The van der Waals surface area contributed by atoms with Gasteiger partial charge in [-0.05, 0) is 25.0 Å². The van der Waals surface area contributed by atoms with Crippen molar-refractivity contribution in [1.82, 2.24) is 9.55 Å². The molecule has 2 heterocycles. The van der Waals surface area contributed by atoms with E-state index in [1.165, 1.54) is 0 Å². The summed E-state index contributed by atoms with van der Waals surface area (Å²) < 4.78 is 7.65. The zero-order valence-electron chi connectivity index (χ0n) is 15.0. The van der Waals surface area contributed by atoms with E-state index in [2.05, 4.69) is 17.1 Å². The van der Waals surface area contributed by atoms with Gasteiger partial charge in [0.25, 0.3) is 0 Å². The summed E-state index contributed by atoms with van der Waals surface area (Å²) in [7, 11) is 0. The van der Waals surface area contributed by atoms with Gasteiger partial charge in [-0.15, -0.1) is 0 Å². The van der Waals surface area contributed by atoms with Crippen molar-refractivity contribution in [3.05, 3.63) is 76.5 Å². The van der Waals surface area contributed by atoms with E-state index in [0.717, 1.165) is 16.7 Å². The van der Waals surface area contributed by atoms with Crippen LogP contribution >= 0.6 is 0 Å². The Kier molecular flexibility index (Phi) is 4.41. The first-order valence-corrected chi connectivity index (χ1v) is 8.90. The number of benzene rings is 2. The van der Waals surface area contributed by atoms with Crippen molar-refractivity contribution in [3.8, 4) is 17.4 Å². The lowest BCUT2D eigenvalue weighted by atomic mass is 9.83. The summed E-state index contributed by atoms with van der Waals surface area (Å²) in [5.74, 6) is 0.837. The molecule has 1 unspecified atom stereocenters. The van der Waals surface area contributed by atoms with Crippen molar-refractivity contribution in [3.63, 3.8) is 0 Å². The highest BCUT2D eigenvalue weighted by Crippen LogP contribution is 2.45. The van der Waals surface area contributed by atoms with Gasteiger partial charge in [-0.2, -0.15) is 0 Å². The summed E-state index contributed by atoms with van der Waals surface area (Å²) in [5.41, 5.74) is 4.09. The van der Waals surface area contributed by atoms with E-state index in [1.54, 1.807) is 23.0 Å². The summed E-state index contributed by atoms with van der Waals surface area (Å²) in [6.45, 7) is 2.61. The topological polar surface area (TPSA) is 91.4 Å². The molecule has 0 saturated carbocycles. The zero-order valence-corrected chi connectivity index (χ0v) is 15.0. The quantitative estimate of drug-likeness (QED) is 0.520. The van der Waals surface area contributed by atoms with Crippen LogP contribution in [0.4, 0.5) is 0 Å². The molecule has 0 fully saturated rings. The fraction of sp³-hybridized carbons (Fsp3) is 0.238. The molecule has 0 radical (unpaired) electrons. The first-order valence-electron chi connectivity index (χ1n) is 8.90. The Morgan fingerprint density at radius 3 is 2.70 bits per heavy atom. The van der Waals surface area contributed by atoms with Crippen LogP contribution in [0.15, 0.2) is 48.8 Å². The van der Waals surface area contributed by atoms with Gasteiger partial charge in [0.1, 0.15) is 23.3 Å². The van der Waals surface area contributed by atoms with E-state index in [1.807, 2.05) is 25.1 Å².